The molecule has 1 saturated heterocycles. The monoisotopic (exact) mass is 591 g/mol. The molecular formula is C18H30N11O10P. The second-order valence-corrected chi connectivity index (χ2v) is 10.4. The van der Waals surface area contributed by atoms with Crippen molar-refractivity contribution in [1.82, 2.24) is 19.5 Å². The molecule has 11 atom stereocenters. The summed E-state index contributed by atoms with van der Waals surface area (Å²) in [5.74, 6) is -1.07. The van der Waals surface area contributed by atoms with Crippen LogP contribution in [0.3, 0.4) is 0 Å². The highest BCUT2D eigenvalue weighted by molar-refractivity contribution is 7.47. The highest BCUT2D eigenvalue weighted by Crippen LogP contribution is 2.48. The normalized spacial score (nSPS) is 35.8. The van der Waals surface area contributed by atoms with E-state index in [9.17, 15) is 35.0 Å². The van der Waals surface area contributed by atoms with Gasteiger partial charge in [0.05, 0.1) is 12.9 Å². The lowest BCUT2D eigenvalue weighted by Crippen LogP contribution is -2.63. The number of rotatable bonds is 8. The number of ether oxygens (including phenoxy) is 1. The van der Waals surface area contributed by atoms with E-state index >= 15 is 0 Å². The number of hydrogen-bond donors (Lipinski definition) is 11. The molecule has 0 amide bonds. The number of nitrogen functional groups attached to an aromatic ring is 1. The second kappa shape index (κ2) is 11.3. The molecule has 16 N–H and O–H groups in total. The molecule has 0 bridgehead atoms. The van der Waals surface area contributed by atoms with Crippen molar-refractivity contribution in [3.05, 3.63) is 12.7 Å². The number of aromatic nitrogens is 4. The number of nitrogens with two attached hydrogens (primary N) is 5. The smallest absolute Gasteiger partial charge is 0.388 e. The molecule has 4 rings (SSSR count). The summed E-state index contributed by atoms with van der Waals surface area (Å²) in [7, 11) is -5.15. The quantitative estimate of drug-likeness (QED) is 0.0772. The number of nitrogens with zero attached hydrogens (tertiary/aromatic N) is 6. The van der Waals surface area contributed by atoms with Gasteiger partial charge in [-0.05, 0) is 0 Å². The van der Waals surface area contributed by atoms with Crippen LogP contribution in [0.25, 0.3) is 11.2 Å². The fourth-order valence-electron chi connectivity index (χ4n) is 4.47. The number of guanidine groups is 2. The Hall–Kier alpha value is -3.24. The molecule has 3 heterocycles. The Morgan fingerprint density at radius 1 is 0.950 bits per heavy atom. The van der Waals surface area contributed by atoms with E-state index in [2.05, 4.69) is 24.9 Å². The molecule has 2 aromatic rings. The standard InChI is InChI=1S/C18H30N11O10P/c19-14-7-15(25-2-24-14)29(3-26-7)16-12(34)8(30)4(38-16)1-37-40(35,36)39-13-6(28-18(22)23)9(31)5(27-17(20)21)10(32)11(13)33/h2-6,8-13,16,30-34H,1H2,(H,35,36)(H2,19,24,25)(H4,20,21,27)(H4,22,23,28)/t4-,5+,6-,8-,9+,10-,11+,12-,13+,16-/m1/s1. The van der Waals surface area contributed by atoms with Gasteiger partial charge in [-0.25, -0.2) is 29.5 Å². The number of anilines is 1. The number of aliphatic hydroxyl groups excluding tert-OH is 5. The summed E-state index contributed by atoms with van der Waals surface area (Å²) in [6.45, 7) is -0.802. The molecule has 1 aliphatic carbocycles. The fraction of sp³-hybridized carbons (Fsp3) is 0.611. The third-order valence-electron chi connectivity index (χ3n) is 6.32. The molecule has 0 spiro atoms. The van der Waals surface area contributed by atoms with Crippen molar-refractivity contribution in [3.63, 3.8) is 0 Å². The molecule has 1 aliphatic heterocycles. The van der Waals surface area contributed by atoms with Gasteiger partial charge in [0, 0.05) is 0 Å². The lowest BCUT2D eigenvalue weighted by molar-refractivity contribution is -0.135. The largest absolute Gasteiger partial charge is 0.472 e. The van der Waals surface area contributed by atoms with Crippen LogP contribution in [-0.4, -0.2) is 123 Å². The number of hydrogen-bond acceptors (Lipinski definition) is 15. The zero-order valence-electron chi connectivity index (χ0n) is 20.5. The van der Waals surface area contributed by atoms with E-state index in [1.54, 1.807) is 0 Å². The third-order valence-corrected chi connectivity index (χ3v) is 7.31. The summed E-state index contributed by atoms with van der Waals surface area (Å²) < 4.78 is 29.7. The van der Waals surface area contributed by atoms with Crippen LogP contribution in [0.2, 0.25) is 0 Å². The molecule has 2 aliphatic rings. The van der Waals surface area contributed by atoms with Gasteiger partial charge in [-0.2, -0.15) is 0 Å². The molecule has 0 radical (unpaired) electrons. The maximum atomic E-state index is 12.8. The van der Waals surface area contributed by atoms with Crippen molar-refractivity contribution in [2.45, 2.75) is 61.0 Å². The predicted molar refractivity (Wildman–Crippen MR) is 134 cm³/mol. The topological polar surface area (TPSA) is 365 Å². The second-order valence-electron chi connectivity index (χ2n) is 9.02. The summed E-state index contributed by atoms with van der Waals surface area (Å²) in [6, 6.07) is -3.16. The molecule has 0 aromatic carbocycles. The lowest BCUT2D eigenvalue weighted by Gasteiger charge is -2.42. The molecule has 21 nitrogen and oxygen atoms in total. The highest BCUT2D eigenvalue weighted by Gasteiger charge is 2.53. The van der Waals surface area contributed by atoms with Crippen molar-refractivity contribution in [2.75, 3.05) is 12.3 Å². The zero-order valence-corrected chi connectivity index (χ0v) is 21.4. The van der Waals surface area contributed by atoms with Crippen LogP contribution < -0.4 is 28.7 Å². The van der Waals surface area contributed by atoms with Crippen LogP contribution in [0.5, 0.6) is 0 Å². The molecular weight excluding hydrogens is 561 g/mol. The van der Waals surface area contributed by atoms with Crippen LogP contribution in [0.4, 0.5) is 5.82 Å². The summed E-state index contributed by atoms with van der Waals surface area (Å²) in [5.41, 5.74) is 27.5. The van der Waals surface area contributed by atoms with E-state index in [1.807, 2.05) is 0 Å². The summed E-state index contributed by atoms with van der Waals surface area (Å²) in [5, 5.41) is 52.7. The first-order chi connectivity index (χ1) is 18.7. The minimum absolute atomic E-state index is 0.0684. The summed E-state index contributed by atoms with van der Waals surface area (Å²) >= 11 is 0. The minimum Gasteiger partial charge on any atom is -0.388 e. The number of aliphatic hydroxyl groups is 5. The first-order valence-corrected chi connectivity index (χ1v) is 13.0. The number of phosphoric ester groups is 1. The van der Waals surface area contributed by atoms with Gasteiger partial charge in [-0.1, -0.05) is 0 Å². The molecule has 40 heavy (non-hydrogen) atoms. The number of phosphoric acid groups is 1. The van der Waals surface area contributed by atoms with E-state index in [-0.39, 0.29) is 17.0 Å². The average molecular weight is 591 g/mol. The van der Waals surface area contributed by atoms with E-state index in [4.69, 9.17) is 42.5 Å². The van der Waals surface area contributed by atoms with Gasteiger partial charge in [0.2, 0.25) is 0 Å². The van der Waals surface area contributed by atoms with Crippen molar-refractivity contribution in [3.8, 4) is 0 Å². The zero-order chi connectivity index (χ0) is 29.5. The van der Waals surface area contributed by atoms with Gasteiger partial charge in [0.15, 0.2) is 29.6 Å². The van der Waals surface area contributed by atoms with Gasteiger partial charge in [0.25, 0.3) is 0 Å². The first kappa shape index (κ1) is 29.7. The molecule has 222 valence electrons. The highest BCUT2D eigenvalue weighted by atomic mass is 31.2. The lowest BCUT2D eigenvalue weighted by atomic mass is 9.82. The number of aliphatic imine (C=N–C) groups is 2. The minimum atomic E-state index is -5.15. The van der Waals surface area contributed by atoms with Gasteiger partial charge < -0.3 is 63.8 Å². The maximum Gasteiger partial charge on any atom is 0.472 e. The predicted octanol–water partition coefficient (Wildman–Crippen LogP) is -6.09. The third kappa shape index (κ3) is 5.78. The Kier molecular flexibility index (Phi) is 8.42. The van der Waals surface area contributed by atoms with Crippen molar-refractivity contribution in [2.24, 2.45) is 32.9 Å². The first-order valence-electron chi connectivity index (χ1n) is 11.5. The van der Waals surface area contributed by atoms with Crippen molar-refractivity contribution >= 4 is 36.7 Å². The Balaban J connectivity index is 1.48. The fourth-order valence-corrected chi connectivity index (χ4v) is 5.43. The van der Waals surface area contributed by atoms with Crippen LogP contribution >= 0.6 is 7.82 Å². The Labute approximate surface area is 224 Å². The summed E-state index contributed by atoms with van der Waals surface area (Å²) in [4.78, 5) is 29.6. The van der Waals surface area contributed by atoms with Crippen LogP contribution in [0.15, 0.2) is 22.6 Å². The Morgan fingerprint density at radius 2 is 1.60 bits per heavy atom. The molecule has 2 fully saturated rings. The Bertz CT molecular complexity index is 1320. The number of imidazole rings is 1. The van der Waals surface area contributed by atoms with E-state index < -0.39 is 87.4 Å². The van der Waals surface area contributed by atoms with Gasteiger partial charge in [-0.3, -0.25) is 13.6 Å². The molecule has 22 heteroatoms. The molecule has 1 unspecified atom stereocenters. The van der Waals surface area contributed by atoms with Gasteiger partial charge in [-0.15, -0.1) is 0 Å². The Morgan fingerprint density at radius 3 is 2.25 bits per heavy atom. The van der Waals surface area contributed by atoms with Crippen molar-refractivity contribution < 1.29 is 48.8 Å². The van der Waals surface area contributed by atoms with Crippen molar-refractivity contribution in [1.29, 1.82) is 0 Å². The van der Waals surface area contributed by atoms with E-state index in [1.165, 1.54) is 10.9 Å². The van der Waals surface area contributed by atoms with E-state index in [0.29, 0.717) is 0 Å². The summed E-state index contributed by atoms with van der Waals surface area (Å²) in [6.07, 6.45) is -10.9. The maximum absolute atomic E-state index is 12.8. The SMILES string of the molecule is NC(N)=N[C@@H]1[C@@H](O)[C@H](O)[C@@H](OP(=O)(O)OC[C@H]2O[C@@H](n3cnc4c(N)ncnc43)[C@H](O)[C@@H]2O)[C@H](N=C(N)N)[C@H]1O. The van der Waals surface area contributed by atoms with Crippen LogP contribution in [0, 0.1) is 0 Å². The van der Waals surface area contributed by atoms with Crippen LogP contribution in [-0.2, 0) is 18.3 Å². The molecule has 1 saturated carbocycles. The average Bonchev–Trinajstić information content (AvgIpc) is 3.43. The van der Waals surface area contributed by atoms with Gasteiger partial charge >= 0.3 is 7.82 Å². The molecule has 2 aromatic heterocycles. The van der Waals surface area contributed by atoms with Gasteiger partial charge in [0.1, 0.15) is 66.7 Å². The van der Waals surface area contributed by atoms with Crippen LogP contribution in [0.1, 0.15) is 6.23 Å². The van der Waals surface area contributed by atoms with E-state index in [0.717, 1.165) is 6.33 Å². The number of fused-ring (bicyclic) bond motifs is 1.